The van der Waals surface area contributed by atoms with Crippen LogP contribution in [0.25, 0.3) is 0 Å². The molecular formula is C34H55B2LiN2O2. The number of ether oxygens (including phenoxy) is 2. The average Bonchev–Trinajstić information content (AvgIpc) is 3.73. The molecule has 0 saturated carbocycles. The maximum absolute atomic E-state index is 4.94. The molecule has 41 heavy (non-hydrogen) atoms. The molecule has 0 radical (unpaired) electrons. The Morgan fingerprint density at radius 1 is 0.561 bits per heavy atom. The fraction of sp³-hybridized carbons (Fsp3) is 0.588. The predicted octanol–water partition coefficient (Wildman–Crippen LogP) is 4.93. The summed E-state index contributed by atoms with van der Waals surface area (Å²) in [6, 6.07) is 13.8. The first-order valence-electron chi connectivity index (χ1n) is 15.2. The van der Waals surface area contributed by atoms with E-state index in [1.54, 1.807) is 0 Å². The van der Waals surface area contributed by atoms with Crippen LogP contribution in [-0.2, 0) is 9.47 Å². The van der Waals surface area contributed by atoms with E-state index in [1.165, 1.54) is 59.3 Å². The average molecular weight is 552 g/mol. The zero-order chi connectivity index (χ0) is 29.2. The minimum atomic E-state index is 0. The van der Waals surface area contributed by atoms with Gasteiger partial charge in [0.2, 0.25) is 0 Å². The maximum atomic E-state index is 4.94. The summed E-state index contributed by atoms with van der Waals surface area (Å²) in [4.78, 5) is 5.21. The van der Waals surface area contributed by atoms with Gasteiger partial charge in [-0.25, -0.2) is 0 Å². The van der Waals surface area contributed by atoms with Gasteiger partial charge in [0.15, 0.2) is 6.87 Å². The zero-order valence-electron chi connectivity index (χ0n) is 26.9. The molecule has 0 aliphatic carbocycles. The second-order valence-corrected chi connectivity index (χ2v) is 12.1. The van der Waals surface area contributed by atoms with Crippen molar-refractivity contribution in [2.45, 2.75) is 105 Å². The molecule has 0 amide bonds. The van der Waals surface area contributed by atoms with E-state index in [4.69, 9.17) is 9.47 Å². The maximum Gasteiger partial charge on any atom is 1.00 e. The fourth-order valence-corrected chi connectivity index (χ4v) is 5.26. The van der Waals surface area contributed by atoms with Crippen molar-refractivity contribution in [3.05, 3.63) is 71.1 Å². The normalized spacial score (nSPS) is 16.4. The summed E-state index contributed by atoms with van der Waals surface area (Å²) in [6.07, 6.45) is 9.82. The molecule has 0 atom stereocenters. The first kappa shape index (κ1) is 35.6. The number of rotatable bonds is 6. The van der Waals surface area contributed by atoms with Crippen LogP contribution >= 0.6 is 0 Å². The van der Waals surface area contributed by atoms with Gasteiger partial charge in [0.25, 0.3) is 0 Å². The molecule has 3 heterocycles. The van der Waals surface area contributed by atoms with Gasteiger partial charge >= 0.3 is 18.9 Å². The van der Waals surface area contributed by atoms with Crippen molar-refractivity contribution >= 4 is 26.0 Å². The van der Waals surface area contributed by atoms with Crippen LogP contribution in [0.4, 0.5) is 11.4 Å². The van der Waals surface area contributed by atoms with Gasteiger partial charge in [0.1, 0.15) is 0 Å². The van der Waals surface area contributed by atoms with Gasteiger partial charge in [-0.15, -0.1) is 0 Å². The molecule has 5 rings (SSSR count). The standard InChI is InChI=1S/C26H39B2N2.2C4H8O.Li/c1-17(2)21-11-9-12-22(18(3)4)25(21)29-15-16-30(28(29)27)26-23(19(5)6)13-10-14-24(26)20(7)8;2*1-2-4-5-3-1;/h9-20H,1-8,27H3;2*1-4H2;/q-1;;;+1. The number of hydrogen-bond acceptors (Lipinski definition) is 4. The molecule has 0 aromatic heterocycles. The van der Waals surface area contributed by atoms with E-state index in [2.05, 4.69) is 114 Å². The Balaban J connectivity index is 0.000000446. The summed E-state index contributed by atoms with van der Waals surface area (Å²) in [6.45, 7) is 23.1. The van der Waals surface area contributed by atoms with Crippen molar-refractivity contribution in [3.63, 3.8) is 0 Å². The van der Waals surface area contributed by atoms with E-state index in [1.807, 2.05) is 0 Å². The Morgan fingerprint density at radius 3 is 1.02 bits per heavy atom. The van der Waals surface area contributed by atoms with Gasteiger partial charge in [-0.1, -0.05) is 91.8 Å². The number of hydrogen-bond donors (Lipinski definition) is 0. The van der Waals surface area contributed by atoms with Gasteiger partial charge < -0.3 is 19.1 Å². The number of anilines is 2. The number of benzene rings is 2. The third-order valence-electron chi connectivity index (χ3n) is 7.49. The molecule has 2 fully saturated rings. The largest absolute Gasteiger partial charge is 1.00 e. The fourth-order valence-electron chi connectivity index (χ4n) is 5.26. The summed E-state index contributed by atoms with van der Waals surface area (Å²) >= 11 is 0. The minimum absolute atomic E-state index is 0. The number of para-hydroxylation sites is 2. The summed E-state index contributed by atoms with van der Waals surface area (Å²) in [5.74, 6) is 2.06. The molecule has 2 aromatic carbocycles. The molecule has 0 bridgehead atoms. The molecule has 220 valence electrons. The Morgan fingerprint density at radius 2 is 0.829 bits per heavy atom. The van der Waals surface area contributed by atoms with E-state index >= 15 is 0 Å². The van der Waals surface area contributed by atoms with Crippen LogP contribution in [0.1, 0.15) is 127 Å². The van der Waals surface area contributed by atoms with Gasteiger partial charge in [-0.3, -0.25) is 0 Å². The number of nitrogens with zero attached hydrogens (tertiary/aromatic N) is 2. The van der Waals surface area contributed by atoms with E-state index in [0.717, 1.165) is 26.4 Å². The quantitative estimate of drug-likeness (QED) is 0.475. The predicted molar refractivity (Wildman–Crippen MR) is 179 cm³/mol. The molecule has 4 nitrogen and oxygen atoms in total. The summed E-state index contributed by atoms with van der Waals surface area (Å²) in [5, 5.41) is 0. The molecule has 0 unspecified atom stereocenters. The molecular weight excluding hydrogens is 497 g/mol. The van der Waals surface area contributed by atoms with Crippen LogP contribution in [0, 0.1) is 0 Å². The molecule has 0 N–H and O–H groups in total. The molecule has 3 aliphatic heterocycles. The molecule has 0 spiro atoms. The van der Waals surface area contributed by atoms with Crippen LogP contribution in [0.2, 0.25) is 0 Å². The Bertz CT molecular complexity index is 931. The summed E-state index contributed by atoms with van der Waals surface area (Å²) in [5.41, 5.74) is 8.79. The van der Waals surface area contributed by atoms with Gasteiger partial charge in [0.05, 0.1) is 0 Å². The van der Waals surface area contributed by atoms with Crippen LogP contribution in [0.15, 0.2) is 48.8 Å². The molecule has 3 aliphatic rings. The Labute approximate surface area is 265 Å². The topological polar surface area (TPSA) is 24.9 Å². The molecule has 7 heteroatoms. The van der Waals surface area contributed by atoms with E-state index in [9.17, 15) is 0 Å². The smallest absolute Gasteiger partial charge is 0.404 e. The van der Waals surface area contributed by atoms with Crippen LogP contribution < -0.4 is 28.5 Å². The van der Waals surface area contributed by atoms with Crippen molar-refractivity contribution in [2.75, 3.05) is 36.0 Å². The molecule has 2 aromatic rings. The van der Waals surface area contributed by atoms with Crippen molar-refractivity contribution in [2.24, 2.45) is 0 Å². The van der Waals surface area contributed by atoms with Gasteiger partial charge in [-0.05, 0) is 79.3 Å². The second-order valence-electron chi connectivity index (χ2n) is 12.1. The van der Waals surface area contributed by atoms with Crippen molar-refractivity contribution < 1.29 is 28.3 Å². The monoisotopic (exact) mass is 552 g/mol. The summed E-state index contributed by atoms with van der Waals surface area (Å²) in [7, 11) is 0.0272. The third-order valence-corrected chi connectivity index (χ3v) is 7.49. The van der Waals surface area contributed by atoms with E-state index in [-0.39, 0.29) is 26.6 Å². The molecule has 2 saturated heterocycles. The van der Waals surface area contributed by atoms with Crippen molar-refractivity contribution in [1.82, 2.24) is 0 Å². The van der Waals surface area contributed by atoms with Crippen LogP contribution in [0.3, 0.4) is 0 Å². The van der Waals surface area contributed by atoms with E-state index in [0.29, 0.717) is 30.5 Å². The summed E-state index contributed by atoms with van der Waals surface area (Å²) < 4.78 is 9.89. The van der Waals surface area contributed by atoms with Crippen LogP contribution in [-0.4, -0.2) is 41.0 Å². The SMILES string of the molecule is C1CCOC1.C1CCOC1.[BH3-]B1N(c2c(C(C)C)cccc2C(C)C)C=CN1c1c(C(C)C)cccc1C(C)C.[Li+]. The van der Waals surface area contributed by atoms with E-state index < -0.39 is 0 Å². The van der Waals surface area contributed by atoms with Gasteiger partial charge in [-0.2, -0.15) is 0 Å². The first-order chi connectivity index (χ1) is 19.1. The van der Waals surface area contributed by atoms with Crippen LogP contribution in [0.5, 0.6) is 0 Å². The van der Waals surface area contributed by atoms with Crippen molar-refractivity contribution in [1.29, 1.82) is 0 Å². The Hall–Kier alpha value is -1.57. The zero-order valence-corrected chi connectivity index (χ0v) is 26.9. The van der Waals surface area contributed by atoms with Crippen molar-refractivity contribution in [3.8, 4) is 0 Å². The second kappa shape index (κ2) is 17.5. The first-order valence-corrected chi connectivity index (χ1v) is 15.2. The Kier molecular flexibility index (Phi) is 15.2. The van der Waals surface area contributed by atoms with Gasteiger partial charge in [0, 0.05) is 50.2 Å². The minimum Gasteiger partial charge on any atom is -0.404 e. The third kappa shape index (κ3) is 9.46.